The molecule has 35 heavy (non-hydrogen) atoms. The van der Waals surface area contributed by atoms with E-state index in [1.165, 1.54) is 0 Å². The van der Waals surface area contributed by atoms with E-state index in [0.717, 1.165) is 29.9 Å². The van der Waals surface area contributed by atoms with Gasteiger partial charge in [0, 0.05) is 30.3 Å². The van der Waals surface area contributed by atoms with E-state index in [0.29, 0.717) is 43.2 Å². The van der Waals surface area contributed by atoms with Gasteiger partial charge in [0.2, 0.25) is 5.91 Å². The van der Waals surface area contributed by atoms with Crippen LogP contribution >= 0.6 is 11.6 Å². The average molecular weight is 495 g/mol. The lowest BCUT2D eigenvalue weighted by atomic mass is 10.1. The molecule has 0 N–H and O–H groups in total. The molecule has 0 aliphatic carbocycles. The molecule has 1 aliphatic heterocycles. The van der Waals surface area contributed by atoms with Crippen LogP contribution in [0.2, 0.25) is 5.02 Å². The fraction of sp³-hybridized carbons (Fsp3) is 0.357. The van der Waals surface area contributed by atoms with Crippen LogP contribution in [0.5, 0.6) is 0 Å². The van der Waals surface area contributed by atoms with Crippen molar-refractivity contribution in [3.63, 3.8) is 0 Å². The maximum atomic E-state index is 13.6. The molecular formula is C28H31ClN2O4. The molecule has 1 saturated heterocycles. The fourth-order valence-electron chi connectivity index (χ4n) is 4.25. The second kappa shape index (κ2) is 12.0. The van der Waals surface area contributed by atoms with Crippen LogP contribution in [0.15, 0.2) is 71.1 Å². The summed E-state index contributed by atoms with van der Waals surface area (Å²) in [6, 6.07) is 20.6. The number of furan rings is 1. The highest BCUT2D eigenvalue weighted by Crippen LogP contribution is 2.18. The van der Waals surface area contributed by atoms with E-state index < -0.39 is 0 Å². The highest BCUT2D eigenvalue weighted by atomic mass is 35.5. The fourth-order valence-corrected chi connectivity index (χ4v) is 4.38. The van der Waals surface area contributed by atoms with Gasteiger partial charge in [-0.25, -0.2) is 0 Å². The lowest BCUT2D eigenvalue weighted by Gasteiger charge is -2.29. The molecular weight excluding hydrogens is 464 g/mol. The van der Waals surface area contributed by atoms with Crippen molar-refractivity contribution in [1.82, 2.24) is 9.80 Å². The predicted molar refractivity (Wildman–Crippen MR) is 135 cm³/mol. The van der Waals surface area contributed by atoms with E-state index in [-0.39, 0.29) is 24.5 Å². The molecule has 2 amide bonds. The van der Waals surface area contributed by atoms with Gasteiger partial charge in [-0.1, -0.05) is 41.9 Å². The first-order valence-corrected chi connectivity index (χ1v) is 12.4. The van der Waals surface area contributed by atoms with Crippen LogP contribution in [0, 0.1) is 6.92 Å². The highest BCUT2D eigenvalue weighted by molar-refractivity contribution is 6.30. The number of ether oxygens (including phenoxy) is 1. The molecule has 0 saturated carbocycles. The Labute approximate surface area is 211 Å². The quantitative estimate of drug-likeness (QED) is 0.392. The van der Waals surface area contributed by atoms with E-state index in [1.54, 1.807) is 34.1 Å². The number of amides is 2. The van der Waals surface area contributed by atoms with E-state index in [4.69, 9.17) is 20.8 Å². The van der Waals surface area contributed by atoms with Gasteiger partial charge in [-0.3, -0.25) is 9.59 Å². The number of rotatable bonds is 10. The maximum Gasteiger partial charge on any atom is 0.254 e. The predicted octanol–water partition coefficient (Wildman–Crippen LogP) is 5.13. The summed E-state index contributed by atoms with van der Waals surface area (Å²) in [7, 11) is 0. The Morgan fingerprint density at radius 3 is 2.43 bits per heavy atom. The van der Waals surface area contributed by atoms with Gasteiger partial charge in [-0.05, 0) is 68.1 Å². The molecule has 0 bridgehead atoms. The molecule has 2 aromatic carbocycles. The molecule has 1 aromatic heterocycles. The van der Waals surface area contributed by atoms with Gasteiger partial charge in [0.25, 0.3) is 5.91 Å². The van der Waals surface area contributed by atoms with Crippen molar-refractivity contribution >= 4 is 23.4 Å². The van der Waals surface area contributed by atoms with Crippen molar-refractivity contribution in [3.8, 4) is 0 Å². The largest absolute Gasteiger partial charge is 0.464 e. The summed E-state index contributed by atoms with van der Waals surface area (Å²) in [6.07, 6.45) is 2.48. The summed E-state index contributed by atoms with van der Waals surface area (Å²) in [4.78, 5) is 30.3. The Hall–Kier alpha value is -3.09. The van der Waals surface area contributed by atoms with Gasteiger partial charge in [0.05, 0.1) is 12.6 Å². The number of benzene rings is 2. The normalized spacial score (nSPS) is 15.2. The van der Waals surface area contributed by atoms with Crippen LogP contribution < -0.4 is 0 Å². The van der Waals surface area contributed by atoms with Crippen molar-refractivity contribution < 1.29 is 18.7 Å². The first-order valence-electron chi connectivity index (χ1n) is 12.0. The first kappa shape index (κ1) is 25.0. The molecule has 1 unspecified atom stereocenters. The minimum Gasteiger partial charge on any atom is -0.464 e. The van der Waals surface area contributed by atoms with Crippen molar-refractivity contribution in [2.24, 2.45) is 0 Å². The summed E-state index contributed by atoms with van der Waals surface area (Å²) in [5, 5.41) is 0.559. The zero-order chi connectivity index (χ0) is 24.6. The van der Waals surface area contributed by atoms with Gasteiger partial charge < -0.3 is 19.0 Å². The zero-order valence-electron chi connectivity index (χ0n) is 20.0. The third-order valence-corrected chi connectivity index (χ3v) is 6.41. The van der Waals surface area contributed by atoms with Gasteiger partial charge in [0.1, 0.15) is 18.1 Å². The Kier molecular flexibility index (Phi) is 8.61. The average Bonchev–Trinajstić information content (AvgIpc) is 3.53. The first-order chi connectivity index (χ1) is 17.0. The summed E-state index contributed by atoms with van der Waals surface area (Å²) >= 11 is 6.01. The molecule has 4 rings (SSSR count). The number of carbonyl (C=O) groups excluding carboxylic acids is 2. The van der Waals surface area contributed by atoms with Gasteiger partial charge >= 0.3 is 0 Å². The maximum absolute atomic E-state index is 13.6. The van der Waals surface area contributed by atoms with E-state index in [1.807, 2.05) is 49.4 Å². The van der Waals surface area contributed by atoms with Crippen LogP contribution in [-0.2, 0) is 22.5 Å². The van der Waals surface area contributed by atoms with Gasteiger partial charge in [0.15, 0.2) is 0 Å². The van der Waals surface area contributed by atoms with Crippen LogP contribution in [0.1, 0.15) is 40.3 Å². The van der Waals surface area contributed by atoms with Crippen LogP contribution in [-0.4, -0.2) is 54.0 Å². The van der Waals surface area contributed by atoms with E-state index in [9.17, 15) is 9.59 Å². The van der Waals surface area contributed by atoms with Crippen molar-refractivity contribution in [3.05, 3.63) is 94.4 Å². The summed E-state index contributed by atoms with van der Waals surface area (Å²) in [5.74, 6) is 1.18. The molecule has 184 valence electrons. The number of hydrogen-bond donors (Lipinski definition) is 0. The topological polar surface area (TPSA) is 63.0 Å². The highest BCUT2D eigenvalue weighted by Gasteiger charge is 2.27. The molecule has 1 aliphatic rings. The van der Waals surface area contributed by atoms with Crippen molar-refractivity contribution in [2.75, 3.05) is 26.2 Å². The zero-order valence-corrected chi connectivity index (χ0v) is 20.7. The molecule has 0 radical (unpaired) electrons. The summed E-state index contributed by atoms with van der Waals surface area (Å²) in [5.41, 5.74) is 1.65. The molecule has 1 fully saturated rings. The number of nitrogens with zero attached hydrogens (tertiary/aromatic N) is 2. The Bertz CT molecular complexity index is 1110. The van der Waals surface area contributed by atoms with Crippen molar-refractivity contribution in [1.29, 1.82) is 0 Å². The second-order valence-corrected chi connectivity index (χ2v) is 9.33. The van der Waals surface area contributed by atoms with Gasteiger partial charge in [-0.15, -0.1) is 0 Å². The van der Waals surface area contributed by atoms with E-state index in [2.05, 4.69) is 0 Å². The van der Waals surface area contributed by atoms with Gasteiger partial charge in [-0.2, -0.15) is 0 Å². The lowest BCUT2D eigenvalue weighted by Crippen LogP contribution is -2.46. The Morgan fingerprint density at radius 1 is 1.00 bits per heavy atom. The molecule has 7 heteroatoms. The van der Waals surface area contributed by atoms with Crippen molar-refractivity contribution in [2.45, 2.75) is 38.8 Å². The third kappa shape index (κ3) is 7.20. The number of halogens is 1. The Morgan fingerprint density at radius 2 is 1.77 bits per heavy atom. The third-order valence-electron chi connectivity index (χ3n) is 6.16. The molecule has 1 atom stereocenters. The second-order valence-electron chi connectivity index (χ2n) is 8.89. The van der Waals surface area contributed by atoms with Crippen LogP contribution in [0.4, 0.5) is 0 Å². The van der Waals surface area contributed by atoms with E-state index >= 15 is 0 Å². The smallest absolute Gasteiger partial charge is 0.254 e. The molecule has 6 nitrogen and oxygen atoms in total. The number of aryl methyl sites for hydroxylation is 1. The molecule has 0 spiro atoms. The number of hydrogen-bond acceptors (Lipinski definition) is 4. The molecule has 3 aromatic rings. The minimum absolute atomic E-state index is 0.0319. The summed E-state index contributed by atoms with van der Waals surface area (Å²) < 4.78 is 11.5. The standard InChI is InChI=1S/C28H31ClN2O4/c1-21-9-14-26(35-21)19-30(16-15-22-6-3-2-4-7-22)27(32)20-31(18-25-8-5-17-34-25)28(33)23-10-12-24(29)13-11-23/h2-4,6-7,9-14,25H,5,8,15-20H2,1H3. The summed E-state index contributed by atoms with van der Waals surface area (Å²) in [6.45, 7) is 3.78. The van der Waals surface area contributed by atoms with Crippen LogP contribution in [0.25, 0.3) is 0 Å². The SMILES string of the molecule is Cc1ccc(CN(CCc2ccccc2)C(=O)CN(CC2CCCO2)C(=O)c2ccc(Cl)cc2)o1. The minimum atomic E-state index is -0.206. The molecule has 2 heterocycles. The Balaban J connectivity index is 1.51. The monoisotopic (exact) mass is 494 g/mol. The lowest BCUT2D eigenvalue weighted by molar-refractivity contribution is -0.133. The van der Waals surface area contributed by atoms with Crippen LogP contribution in [0.3, 0.4) is 0 Å². The number of carbonyl (C=O) groups is 2.